The Morgan fingerprint density at radius 2 is 2.00 bits per heavy atom. The Hall–Kier alpha value is -3.25. The Bertz CT molecular complexity index is 1130. The number of methoxy groups -OCH3 is 1. The first kappa shape index (κ1) is 18.1. The van der Waals surface area contributed by atoms with E-state index < -0.39 is 0 Å². The zero-order valence-electron chi connectivity index (χ0n) is 15.6. The van der Waals surface area contributed by atoms with E-state index in [1.54, 1.807) is 18.2 Å². The fourth-order valence-corrected chi connectivity index (χ4v) is 3.89. The Morgan fingerprint density at radius 1 is 1.11 bits per heavy atom. The zero-order valence-corrected chi connectivity index (χ0v) is 16.4. The third-order valence-electron chi connectivity index (χ3n) is 4.37. The molecule has 0 saturated heterocycles. The summed E-state index contributed by atoms with van der Waals surface area (Å²) in [7, 11) is 1.63. The Balaban J connectivity index is 1.77. The van der Waals surface area contributed by atoms with E-state index in [1.165, 1.54) is 11.3 Å². The third-order valence-corrected chi connectivity index (χ3v) is 5.43. The third kappa shape index (κ3) is 3.73. The number of thiazole rings is 1. The molecule has 0 fully saturated rings. The number of nitrogens with zero attached hydrogens (tertiary/aromatic N) is 3. The molecule has 6 heteroatoms. The van der Waals surface area contributed by atoms with Crippen LogP contribution in [0.25, 0.3) is 10.2 Å². The number of aromatic nitrogens is 2. The van der Waals surface area contributed by atoms with E-state index in [0.29, 0.717) is 17.2 Å². The number of fused-ring (bicyclic) bond motifs is 1. The molecular formula is C22H19N3O2S. The number of carbonyl (C=O) groups excluding carboxylic acids is 1. The number of hydrogen-bond acceptors (Lipinski definition) is 5. The second-order valence-corrected chi connectivity index (χ2v) is 7.42. The van der Waals surface area contributed by atoms with Crippen LogP contribution in [-0.4, -0.2) is 23.0 Å². The number of amides is 1. The summed E-state index contributed by atoms with van der Waals surface area (Å²) in [4.78, 5) is 24.1. The van der Waals surface area contributed by atoms with Crippen molar-refractivity contribution in [2.75, 3.05) is 12.0 Å². The van der Waals surface area contributed by atoms with E-state index in [-0.39, 0.29) is 5.91 Å². The molecule has 140 valence electrons. The van der Waals surface area contributed by atoms with E-state index >= 15 is 0 Å². The van der Waals surface area contributed by atoms with Gasteiger partial charge in [-0.2, -0.15) is 0 Å². The number of carbonyl (C=O) groups is 1. The molecule has 0 saturated carbocycles. The number of hydrogen-bond donors (Lipinski definition) is 0. The van der Waals surface area contributed by atoms with Gasteiger partial charge >= 0.3 is 0 Å². The maximum Gasteiger partial charge on any atom is 0.260 e. The van der Waals surface area contributed by atoms with Gasteiger partial charge in [0.1, 0.15) is 5.75 Å². The van der Waals surface area contributed by atoms with Gasteiger partial charge in [0.05, 0.1) is 29.6 Å². The van der Waals surface area contributed by atoms with Gasteiger partial charge in [0.25, 0.3) is 5.91 Å². The first-order chi connectivity index (χ1) is 13.6. The van der Waals surface area contributed by atoms with Gasteiger partial charge in [-0.05, 0) is 43.3 Å². The predicted molar refractivity (Wildman–Crippen MR) is 112 cm³/mol. The van der Waals surface area contributed by atoms with Gasteiger partial charge in [-0.25, -0.2) is 4.98 Å². The summed E-state index contributed by atoms with van der Waals surface area (Å²) in [6.45, 7) is 2.33. The maximum absolute atomic E-state index is 13.3. The van der Waals surface area contributed by atoms with Crippen molar-refractivity contribution in [3.8, 4) is 5.75 Å². The molecule has 28 heavy (non-hydrogen) atoms. The molecule has 2 aromatic heterocycles. The molecule has 0 aliphatic rings. The fourth-order valence-electron chi connectivity index (χ4n) is 2.95. The van der Waals surface area contributed by atoms with E-state index in [9.17, 15) is 4.79 Å². The highest BCUT2D eigenvalue weighted by Crippen LogP contribution is 2.32. The van der Waals surface area contributed by atoms with E-state index in [2.05, 4.69) is 4.98 Å². The van der Waals surface area contributed by atoms with Crippen LogP contribution < -0.4 is 9.64 Å². The molecule has 0 aliphatic carbocycles. The Kier molecular flexibility index (Phi) is 5.04. The van der Waals surface area contributed by atoms with Crippen LogP contribution in [0.1, 0.15) is 21.6 Å². The first-order valence-corrected chi connectivity index (χ1v) is 9.69. The second kappa shape index (κ2) is 7.78. The van der Waals surface area contributed by atoms with Crippen molar-refractivity contribution in [3.63, 3.8) is 0 Å². The molecule has 0 aliphatic heterocycles. The summed E-state index contributed by atoms with van der Waals surface area (Å²) in [5, 5.41) is 0.639. The topological polar surface area (TPSA) is 55.3 Å². The molecule has 5 nitrogen and oxygen atoms in total. The summed E-state index contributed by atoms with van der Waals surface area (Å²) >= 11 is 1.48. The van der Waals surface area contributed by atoms with Crippen molar-refractivity contribution < 1.29 is 9.53 Å². The quantitative estimate of drug-likeness (QED) is 0.489. The van der Waals surface area contributed by atoms with Gasteiger partial charge in [-0.3, -0.25) is 14.7 Å². The van der Waals surface area contributed by atoms with Crippen LogP contribution in [0.3, 0.4) is 0 Å². The maximum atomic E-state index is 13.3. The molecule has 0 unspecified atom stereocenters. The lowest BCUT2D eigenvalue weighted by Gasteiger charge is -2.19. The second-order valence-electron chi connectivity index (χ2n) is 6.41. The van der Waals surface area contributed by atoms with Crippen LogP contribution in [0, 0.1) is 6.92 Å². The lowest BCUT2D eigenvalue weighted by atomic mass is 10.1. The number of pyridine rings is 1. The van der Waals surface area contributed by atoms with Crippen LogP contribution in [-0.2, 0) is 6.54 Å². The average molecular weight is 389 g/mol. The molecular weight excluding hydrogens is 370 g/mol. The molecule has 2 aromatic carbocycles. The van der Waals surface area contributed by atoms with Gasteiger partial charge in [0.2, 0.25) is 0 Å². The Labute approximate surface area is 167 Å². The van der Waals surface area contributed by atoms with Crippen molar-refractivity contribution >= 4 is 32.6 Å². The van der Waals surface area contributed by atoms with E-state index in [0.717, 1.165) is 27.2 Å². The van der Waals surface area contributed by atoms with Crippen molar-refractivity contribution in [3.05, 3.63) is 83.7 Å². The standard InChI is InChI=1S/C22H19N3O2S/c1-15-6-5-7-16(12-15)21(26)25(14-17-8-3-4-11-23-17)22-24-19-13-18(27-2)9-10-20(19)28-22/h3-13H,14H2,1-2H3. The molecule has 0 N–H and O–H groups in total. The summed E-state index contributed by atoms with van der Waals surface area (Å²) in [5.41, 5.74) is 3.29. The van der Waals surface area contributed by atoms with Gasteiger partial charge in [0.15, 0.2) is 5.13 Å². The minimum absolute atomic E-state index is 0.0969. The summed E-state index contributed by atoms with van der Waals surface area (Å²) in [6.07, 6.45) is 1.73. The number of benzene rings is 2. The summed E-state index contributed by atoms with van der Waals surface area (Å²) in [6, 6.07) is 19.0. The van der Waals surface area contributed by atoms with Crippen molar-refractivity contribution in [2.45, 2.75) is 13.5 Å². The average Bonchev–Trinajstić information content (AvgIpc) is 3.15. The SMILES string of the molecule is COc1ccc2sc(N(Cc3ccccn3)C(=O)c3cccc(C)c3)nc2c1. The lowest BCUT2D eigenvalue weighted by molar-refractivity contribution is 0.0984. The van der Waals surface area contributed by atoms with Crippen LogP contribution in [0.15, 0.2) is 66.9 Å². The molecule has 4 aromatic rings. The van der Waals surface area contributed by atoms with Gasteiger partial charge in [-0.1, -0.05) is 35.1 Å². The van der Waals surface area contributed by atoms with Crippen LogP contribution >= 0.6 is 11.3 Å². The lowest BCUT2D eigenvalue weighted by Crippen LogP contribution is -2.30. The minimum atomic E-state index is -0.0969. The van der Waals surface area contributed by atoms with Crippen molar-refractivity contribution in [2.24, 2.45) is 0 Å². The van der Waals surface area contributed by atoms with Gasteiger partial charge in [0, 0.05) is 17.8 Å². The molecule has 4 rings (SSSR count). The van der Waals surface area contributed by atoms with Crippen LogP contribution in [0.4, 0.5) is 5.13 Å². The van der Waals surface area contributed by atoms with Gasteiger partial charge < -0.3 is 4.74 Å². The van der Waals surface area contributed by atoms with Gasteiger partial charge in [-0.15, -0.1) is 0 Å². The molecule has 0 atom stereocenters. The zero-order chi connectivity index (χ0) is 19.5. The first-order valence-electron chi connectivity index (χ1n) is 8.87. The largest absolute Gasteiger partial charge is 0.497 e. The minimum Gasteiger partial charge on any atom is -0.497 e. The monoisotopic (exact) mass is 389 g/mol. The molecule has 0 bridgehead atoms. The predicted octanol–water partition coefficient (Wildman–Crippen LogP) is 4.86. The molecule has 2 heterocycles. The number of rotatable bonds is 5. The van der Waals surface area contributed by atoms with Crippen LogP contribution in [0.2, 0.25) is 0 Å². The van der Waals surface area contributed by atoms with E-state index in [4.69, 9.17) is 9.72 Å². The highest BCUT2D eigenvalue weighted by Gasteiger charge is 2.22. The molecule has 0 radical (unpaired) electrons. The van der Waals surface area contributed by atoms with Crippen molar-refractivity contribution in [1.82, 2.24) is 9.97 Å². The smallest absolute Gasteiger partial charge is 0.260 e. The fraction of sp³-hybridized carbons (Fsp3) is 0.136. The molecule has 0 spiro atoms. The van der Waals surface area contributed by atoms with Crippen molar-refractivity contribution in [1.29, 1.82) is 0 Å². The number of anilines is 1. The normalized spacial score (nSPS) is 10.8. The number of aryl methyl sites for hydroxylation is 1. The van der Waals surface area contributed by atoms with E-state index in [1.807, 2.05) is 67.6 Å². The van der Waals surface area contributed by atoms with Crippen LogP contribution in [0.5, 0.6) is 5.75 Å². The Morgan fingerprint density at radius 3 is 2.75 bits per heavy atom. The highest BCUT2D eigenvalue weighted by molar-refractivity contribution is 7.22. The summed E-state index contributed by atoms with van der Waals surface area (Å²) < 4.78 is 6.29. The molecule has 1 amide bonds. The number of ether oxygens (including phenoxy) is 1. The summed E-state index contributed by atoms with van der Waals surface area (Å²) in [5.74, 6) is 0.644. The highest BCUT2D eigenvalue weighted by atomic mass is 32.1.